The standard InChI is InChI=1S/C9H6Cl2N2O3/c1-3-4(8(11)13-15)2-5-7(6(3)10)12-9(14)16-5/h2,15H,1H3,(H,12,14)/b13-8+. The van der Waals surface area contributed by atoms with Crippen LogP contribution in [0.1, 0.15) is 11.1 Å². The maximum absolute atomic E-state index is 11.0. The lowest BCUT2D eigenvalue weighted by atomic mass is 10.1. The number of hydrogen-bond donors (Lipinski definition) is 2. The molecule has 0 unspecified atom stereocenters. The fraction of sp³-hybridized carbons (Fsp3) is 0.111. The minimum Gasteiger partial charge on any atom is -0.410 e. The van der Waals surface area contributed by atoms with Gasteiger partial charge in [-0.15, -0.1) is 0 Å². The monoisotopic (exact) mass is 260 g/mol. The Hall–Kier alpha value is -1.46. The molecule has 7 heteroatoms. The summed E-state index contributed by atoms with van der Waals surface area (Å²) in [5.74, 6) is -0.606. The number of nitrogens with one attached hydrogen (secondary N) is 1. The largest absolute Gasteiger partial charge is 0.417 e. The zero-order valence-electron chi connectivity index (χ0n) is 8.04. The second-order valence-corrected chi connectivity index (χ2v) is 3.88. The molecular formula is C9H6Cl2N2O3. The summed E-state index contributed by atoms with van der Waals surface area (Å²) in [4.78, 5) is 13.5. The smallest absolute Gasteiger partial charge is 0.410 e. The topological polar surface area (TPSA) is 78.6 Å². The van der Waals surface area contributed by atoms with Crippen molar-refractivity contribution in [3.8, 4) is 0 Å². The zero-order valence-corrected chi connectivity index (χ0v) is 9.56. The molecular weight excluding hydrogens is 255 g/mol. The van der Waals surface area contributed by atoms with Crippen LogP contribution in [-0.2, 0) is 0 Å². The number of H-pyrrole nitrogens is 1. The van der Waals surface area contributed by atoms with Crippen LogP contribution < -0.4 is 5.76 Å². The number of benzene rings is 1. The van der Waals surface area contributed by atoms with Gasteiger partial charge in [0.25, 0.3) is 0 Å². The van der Waals surface area contributed by atoms with Gasteiger partial charge in [-0.2, -0.15) is 0 Å². The highest BCUT2D eigenvalue weighted by molar-refractivity contribution is 6.69. The van der Waals surface area contributed by atoms with E-state index in [2.05, 4.69) is 10.1 Å². The van der Waals surface area contributed by atoms with Crippen molar-refractivity contribution >= 4 is 39.5 Å². The minimum absolute atomic E-state index is 0.120. The summed E-state index contributed by atoms with van der Waals surface area (Å²) in [6, 6.07) is 1.48. The average Bonchev–Trinajstić information content (AvgIpc) is 2.63. The summed E-state index contributed by atoms with van der Waals surface area (Å²) in [5.41, 5.74) is 1.66. The number of aromatic nitrogens is 1. The number of rotatable bonds is 1. The molecule has 0 spiro atoms. The molecule has 5 nitrogen and oxygen atoms in total. The molecule has 0 aliphatic heterocycles. The van der Waals surface area contributed by atoms with Gasteiger partial charge in [0, 0.05) is 5.56 Å². The normalized spacial score (nSPS) is 12.3. The number of aromatic amines is 1. The second kappa shape index (κ2) is 3.84. The van der Waals surface area contributed by atoms with E-state index in [1.807, 2.05) is 0 Å². The van der Waals surface area contributed by atoms with E-state index in [4.69, 9.17) is 32.8 Å². The summed E-state index contributed by atoms with van der Waals surface area (Å²) in [5, 5.41) is 11.6. The highest BCUT2D eigenvalue weighted by atomic mass is 35.5. The number of hydrogen-bond acceptors (Lipinski definition) is 4. The van der Waals surface area contributed by atoms with E-state index in [1.165, 1.54) is 6.07 Å². The molecule has 0 bridgehead atoms. The first-order valence-electron chi connectivity index (χ1n) is 4.24. The average molecular weight is 261 g/mol. The Morgan fingerprint density at radius 1 is 1.62 bits per heavy atom. The number of oxazole rings is 1. The van der Waals surface area contributed by atoms with Crippen LogP contribution in [0.2, 0.25) is 5.02 Å². The van der Waals surface area contributed by atoms with Crippen LogP contribution in [0.25, 0.3) is 11.1 Å². The minimum atomic E-state index is -0.606. The highest BCUT2D eigenvalue weighted by Crippen LogP contribution is 2.28. The molecule has 0 aliphatic rings. The van der Waals surface area contributed by atoms with Crippen molar-refractivity contribution in [1.82, 2.24) is 4.98 Å². The molecule has 1 heterocycles. The zero-order chi connectivity index (χ0) is 11.9. The maximum Gasteiger partial charge on any atom is 0.417 e. The Balaban J connectivity index is 2.88. The van der Waals surface area contributed by atoms with Gasteiger partial charge in [-0.25, -0.2) is 4.79 Å². The molecule has 2 rings (SSSR count). The van der Waals surface area contributed by atoms with Crippen molar-refractivity contribution in [3.63, 3.8) is 0 Å². The van der Waals surface area contributed by atoms with Gasteiger partial charge in [0.05, 0.1) is 5.02 Å². The van der Waals surface area contributed by atoms with Crippen molar-refractivity contribution in [2.75, 3.05) is 0 Å². The predicted octanol–water partition coefficient (Wildman–Crippen LogP) is 2.46. The van der Waals surface area contributed by atoms with Crippen LogP contribution in [-0.4, -0.2) is 15.4 Å². The SMILES string of the molecule is Cc1c(/C(Cl)=N\O)cc2oc(=O)[nH]c2c1Cl. The van der Waals surface area contributed by atoms with E-state index in [0.717, 1.165) is 0 Å². The van der Waals surface area contributed by atoms with Gasteiger partial charge in [-0.3, -0.25) is 4.98 Å². The molecule has 2 N–H and O–H groups in total. The molecule has 0 atom stereocenters. The molecule has 2 aromatic rings. The number of nitrogens with zero attached hydrogens (tertiary/aromatic N) is 1. The van der Waals surface area contributed by atoms with Gasteiger partial charge in [0.1, 0.15) is 5.52 Å². The quantitative estimate of drug-likeness (QED) is 0.470. The first-order valence-corrected chi connectivity index (χ1v) is 5.00. The van der Waals surface area contributed by atoms with Crippen LogP contribution in [0.5, 0.6) is 0 Å². The highest BCUT2D eigenvalue weighted by Gasteiger charge is 2.15. The van der Waals surface area contributed by atoms with Crippen molar-refractivity contribution in [1.29, 1.82) is 0 Å². The Labute approximate surface area is 99.3 Å². The third kappa shape index (κ3) is 1.58. The third-order valence-electron chi connectivity index (χ3n) is 2.21. The van der Waals surface area contributed by atoms with E-state index < -0.39 is 5.76 Å². The lowest BCUT2D eigenvalue weighted by Crippen LogP contribution is -1.96. The summed E-state index contributed by atoms with van der Waals surface area (Å²) >= 11 is 11.7. The summed E-state index contributed by atoms with van der Waals surface area (Å²) in [6.45, 7) is 1.69. The molecule has 0 aliphatic carbocycles. The molecule has 0 saturated carbocycles. The van der Waals surface area contributed by atoms with E-state index in [-0.39, 0.29) is 10.8 Å². The van der Waals surface area contributed by atoms with E-state index in [1.54, 1.807) is 6.92 Å². The number of fused-ring (bicyclic) bond motifs is 1. The van der Waals surface area contributed by atoms with E-state index >= 15 is 0 Å². The summed E-state index contributed by atoms with van der Waals surface area (Å²) < 4.78 is 4.85. The van der Waals surface area contributed by atoms with Crippen molar-refractivity contribution < 1.29 is 9.62 Å². The Morgan fingerprint density at radius 2 is 2.31 bits per heavy atom. The summed E-state index contributed by atoms with van der Waals surface area (Å²) in [6.07, 6.45) is 0. The van der Waals surface area contributed by atoms with Gasteiger partial charge in [-0.1, -0.05) is 28.4 Å². The first kappa shape index (κ1) is 11.0. The van der Waals surface area contributed by atoms with Crippen LogP contribution in [0.4, 0.5) is 0 Å². The van der Waals surface area contributed by atoms with Crippen molar-refractivity contribution in [3.05, 3.63) is 32.8 Å². The fourth-order valence-corrected chi connectivity index (χ4v) is 1.86. The van der Waals surface area contributed by atoms with Gasteiger partial charge >= 0.3 is 5.76 Å². The van der Waals surface area contributed by atoms with Crippen LogP contribution in [0, 0.1) is 6.92 Å². The molecule has 1 aromatic carbocycles. The maximum atomic E-state index is 11.0. The fourth-order valence-electron chi connectivity index (χ4n) is 1.42. The molecule has 0 amide bonds. The van der Waals surface area contributed by atoms with Crippen molar-refractivity contribution in [2.45, 2.75) is 6.92 Å². The molecule has 16 heavy (non-hydrogen) atoms. The number of halogens is 2. The van der Waals surface area contributed by atoms with Gasteiger partial charge in [-0.05, 0) is 18.6 Å². The van der Waals surface area contributed by atoms with Gasteiger partial charge in [0.2, 0.25) is 0 Å². The Bertz CT molecular complexity index is 642. The Morgan fingerprint density at radius 3 is 2.94 bits per heavy atom. The van der Waals surface area contributed by atoms with Crippen LogP contribution >= 0.6 is 23.2 Å². The van der Waals surface area contributed by atoms with Crippen LogP contribution in [0.3, 0.4) is 0 Å². The molecule has 0 fully saturated rings. The molecule has 0 saturated heterocycles. The van der Waals surface area contributed by atoms with E-state index in [9.17, 15) is 4.79 Å². The molecule has 0 radical (unpaired) electrons. The van der Waals surface area contributed by atoms with E-state index in [0.29, 0.717) is 21.7 Å². The molecule has 1 aromatic heterocycles. The van der Waals surface area contributed by atoms with Crippen LogP contribution in [0.15, 0.2) is 20.4 Å². The lowest BCUT2D eigenvalue weighted by molar-refractivity contribution is 0.321. The Kier molecular flexibility index (Phi) is 2.65. The van der Waals surface area contributed by atoms with Gasteiger partial charge < -0.3 is 9.62 Å². The lowest BCUT2D eigenvalue weighted by Gasteiger charge is -2.04. The van der Waals surface area contributed by atoms with Gasteiger partial charge in [0.15, 0.2) is 10.8 Å². The molecule has 84 valence electrons. The van der Waals surface area contributed by atoms with Crippen molar-refractivity contribution in [2.24, 2.45) is 5.16 Å². The third-order valence-corrected chi connectivity index (χ3v) is 2.97. The number of oxime groups is 1. The second-order valence-electron chi connectivity index (χ2n) is 3.14. The summed E-state index contributed by atoms with van der Waals surface area (Å²) in [7, 11) is 0. The first-order chi connectivity index (χ1) is 7.54. The predicted molar refractivity (Wildman–Crippen MR) is 60.8 cm³/mol.